The van der Waals surface area contributed by atoms with Crippen LogP contribution in [0.25, 0.3) is 0 Å². The van der Waals surface area contributed by atoms with Gasteiger partial charge < -0.3 is 10.4 Å². The number of carboxylic acids is 1. The Hall–Kier alpha value is -1.58. The van der Waals surface area contributed by atoms with E-state index in [1.165, 1.54) is 19.0 Å². The van der Waals surface area contributed by atoms with Gasteiger partial charge in [-0.05, 0) is 18.4 Å². The summed E-state index contributed by atoms with van der Waals surface area (Å²) in [5.41, 5.74) is 0.909. The summed E-state index contributed by atoms with van der Waals surface area (Å²) >= 11 is 0. The predicted molar refractivity (Wildman–Crippen MR) is 57.0 cm³/mol. The molecule has 1 saturated carbocycles. The fourth-order valence-electron chi connectivity index (χ4n) is 1.54. The zero-order valence-corrected chi connectivity index (χ0v) is 8.44. The summed E-state index contributed by atoms with van der Waals surface area (Å²) in [4.78, 5) is 14.7. The molecule has 4 heteroatoms. The van der Waals surface area contributed by atoms with Crippen LogP contribution in [-0.2, 0) is 0 Å². The van der Waals surface area contributed by atoms with E-state index in [2.05, 4.69) is 10.3 Å². The minimum absolute atomic E-state index is 0.244. The van der Waals surface area contributed by atoms with Crippen LogP contribution in [0.5, 0.6) is 0 Å². The van der Waals surface area contributed by atoms with Crippen LogP contribution in [0.15, 0.2) is 18.5 Å². The monoisotopic (exact) mass is 206 g/mol. The van der Waals surface area contributed by atoms with Gasteiger partial charge in [-0.15, -0.1) is 0 Å². The van der Waals surface area contributed by atoms with Crippen molar-refractivity contribution in [3.05, 3.63) is 24.0 Å². The van der Waals surface area contributed by atoms with Crippen LogP contribution in [-0.4, -0.2) is 22.6 Å². The molecule has 0 unspecified atom stereocenters. The summed E-state index contributed by atoms with van der Waals surface area (Å²) < 4.78 is 0. The molecule has 1 aliphatic rings. The number of carboxylic acid groups (broad SMARTS) is 1. The van der Waals surface area contributed by atoms with Crippen LogP contribution in [0.3, 0.4) is 0 Å². The molecule has 0 amide bonds. The Bertz CT molecular complexity index is 361. The summed E-state index contributed by atoms with van der Waals surface area (Å²) in [6.45, 7) is 0.842. The van der Waals surface area contributed by atoms with E-state index >= 15 is 0 Å². The van der Waals surface area contributed by atoms with Gasteiger partial charge in [0.05, 0.1) is 5.69 Å². The van der Waals surface area contributed by atoms with Crippen LogP contribution in [0, 0.1) is 5.92 Å². The highest BCUT2D eigenvalue weighted by atomic mass is 16.4. The number of pyridine rings is 1. The standard InChI is InChI=1S/C11H14N2O2/c14-11(15)9-7-12-5-4-10(9)13-6-3-8-1-2-8/h4-5,7-8H,1-3,6H2,(H,12,13)(H,14,15). The molecule has 1 aromatic heterocycles. The van der Waals surface area contributed by atoms with Crippen molar-refractivity contribution in [2.24, 2.45) is 5.92 Å². The molecule has 1 fully saturated rings. The molecule has 15 heavy (non-hydrogen) atoms. The van der Waals surface area contributed by atoms with Gasteiger partial charge in [-0.25, -0.2) is 4.79 Å². The lowest BCUT2D eigenvalue weighted by molar-refractivity contribution is 0.0697. The highest BCUT2D eigenvalue weighted by Gasteiger charge is 2.20. The van der Waals surface area contributed by atoms with E-state index in [1.807, 2.05) is 0 Å². The summed E-state index contributed by atoms with van der Waals surface area (Å²) in [6.07, 6.45) is 6.75. The summed E-state index contributed by atoms with van der Waals surface area (Å²) in [6, 6.07) is 1.70. The summed E-state index contributed by atoms with van der Waals surface area (Å²) in [7, 11) is 0. The van der Waals surface area contributed by atoms with Crippen LogP contribution in [0.1, 0.15) is 29.6 Å². The lowest BCUT2D eigenvalue weighted by atomic mass is 10.2. The van der Waals surface area contributed by atoms with Gasteiger partial charge in [0.25, 0.3) is 0 Å². The van der Waals surface area contributed by atoms with Crippen molar-refractivity contribution >= 4 is 11.7 Å². The molecule has 0 radical (unpaired) electrons. The lowest BCUT2D eigenvalue weighted by Gasteiger charge is -2.07. The Labute approximate surface area is 88.3 Å². The van der Waals surface area contributed by atoms with Crippen molar-refractivity contribution < 1.29 is 9.90 Å². The zero-order valence-electron chi connectivity index (χ0n) is 8.44. The van der Waals surface area contributed by atoms with Gasteiger partial charge in [-0.3, -0.25) is 4.98 Å². The van der Waals surface area contributed by atoms with Gasteiger partial charge in [0.1, 0.15) is 5.56 Å². The molecule has 0 atom stereocenters. The van der Waals surface area contributed by atoms with Crippen molar-refractivity contribution in [2.45, 2.75) is 19.3 Å². The molecule has 4 nitrogen and oxygen atoms in total. The molecule has 0 aromatic carbocycles. The number of hydrogen-bond acceptors (Lipinski definition) is 3. The number of carbonyl (C=O) groups is 1. The van der Waals surface area contributed by atoms with Gasteiger partial charge in [-0.1, -0.05) is 12.8 Å². The molecular weight excluding hydrogens is 192 g/mol. The first kappa shape index (κ1) is 9.96. The van der Waals surface area contributed by atoms with E-state index in [0.717, 1.165) is 18.9 Å². The SMILES string of the molecule is O=C(O)c1cnccc1NCCC1CC1. The minimum Gasteiger partial charge on any atom is -0.478 e. The van der Waals surface area contributed by atoms with Crippen molar-refractivity contribution in [2.75, 3.05) is 11.9 Å². The van der Waals surface area contributed by atoms with Crippen LogP contribution >= 0.6 is 0 Å². The van der Waals surface area contributed by atoms with Crippen LogP contribution in [0.2, 0.25) is 0 Å². The first-order valence-electron chi connectivity index (χ1n) is 5.18. The number of aromatic carboxylic acids is 1. The fourth-order valence-corrected chi connectivity index (χ4v) is 1.54. The molecule has 1 heterocycles. The number of aromatic nitrogens is 1. The van der Waals surface area contributed by atoms with Crippen LogP contribution in [0.4, 0.5) is 5.69 Å². The topological polar surface area (TPSA) is 62.2 Å². The number of nitrogens with one attached hydrogen (secondary N) is 1. The smallest absolute Gasteiger partial charge is 0.339 e. The number of nitrogens with zero attached hydrogens (tertiary/aromatic N) is 1. The van der Waals surface area contributed by atoms with Crippen LogP contribution < -0.4 is 5.32 Å². The van der Waals surface area contributed by atoms with Gasteiger partial charge in [0.15, 0.2) is 0 Å². The van der Waals surface area contributed by atoms with Gasteiger partial charge in [0, 0.05) is 18.9 Å². The van der Waals surface area contributed by atoms with E-state index in [9.17, 15) is 4.79 Å². The highest BCUT2D eigenvalue weighted by Crippen LogP contribution is 2.32. The Morgan fingerprint density at radius 3 is 3.07 bits per heavy atom. The largest absolute Gasteiger partial charge is 0.478 e. The van der Waals surface area contributed by atoms with Gasteiger partial charge >= 0.3 is 5.97 Å². The lowest BCUT2D eigenvalue weighted by Crippen LogP contribution is -2.08. The van der Waals surface area contributed by atoms with Crippen molar-refractivity contribution in [3.8, 4) is 0 Å². The van der Waals surface area contributed by atoms with Gasteiger partial charge in [0.2, 0.25) is 0 Å². The quantitative estimate of drug-likeness (QED) is 0.773. The minimum atomic E-state index is -0.933. The third kappa shape index (κ3) is 2.68. The third-order valence-corrected chi connectivity index (χ3v) is 2.62. The van der Waals surface area contributed by atoms with E-state index < -0.39 is 5.97 Å². The average Bonchev–Trinajstić information content (AvgIpc) is 3.02. The van der Waals surface area contributed by atoms with Gasteiger partial charge in [-0.2, -0.15) is 0 Å². The van der Waals surface area contributed by atoms with E-state index in [1.54, 1.807) is 12.3 Å². The number of rotatable bonds is 5. The summed E-state index contributed by atoms with van der Waals surface area (Å²) in [5, 5.41) is 12.1. The molecule has 2 rings (SSSR count). The maximum Gasteiger partial charge on any atom is 0.339 e. The third-order valence-electron chi connectivity index (χ3n) is 2.62. The molecule has 2 N–H and O–H groups in total. The highest BCUT2D eigenvalue weighted by molar-refractivity contribution is 5.93. The first-order chi connectivity index (χ1) is 7.27. The maximum atomic E-state index is 10.9. The second-order valence-corrected chi connectivity index (χ2v) is 3.89. The number of hydrogen-bond donors (Lipinski definition) is 2. The Morgan fingerprint density at radius 1 is 1.60 bits per heavy atom. The van der Waals surface area contributed by atoms with Crippen molar-refractivity contribution in [1.29, 1.82) is 0 Å². The Balaban J connectivity index is 1.95. The van der Waals surface area contributed by atoms with E-state index in [4.69, 9.17) is 5.11 Å². The Morgan fingerprint density at radius 2 is 2.40 bits per heavy atom. The average molecular weight is 206 g/mol. The van der Waals surface area contributed by atoms with E-state index in [0.29, 0.717) is 5.69 Å². The molecule has 0 aliphatic heterocycles. The molecule has 0 saturated heterocycles. The predicted octanol–water partition coefficient (Wildman–Crippen LogP) is 1.99. The van der Waals surface area contributed by atoms with Crippen molar-refractivity contribution in [1.82, 2.24) is 4.98 Å². The first-order valence-corrected chi connectivity index (χ1v) is 5.18. The zero-order chi connectivity index (χ0) is 10.7. The Kier molecular flexibility index (Phi) is 2.85. The van der Waals surface area contributed by atoms with Crippen molar-refractivity contribution in [3.63, 3.8) is 0 Å². The molecule has 0 bridgehead atoms. The maximum absolute atomic E-state index is 10.9. The molecule has 1 aromatic rings. The fraction of sp³-hybridized carbons (Fsp3) is 0.455. The second-order valence-electron chi connectivity index (χ2n) is 3.89. The molecule has 80 valence electrons. The van der Waals surface area contributed by atoms with E-state index in [-0.39, 0.29) is 5.56 Å². The molecule has 1 aliphatic carbocycles. The normalized spacial score (nSPS) is 14.9. The second kappa shape index (κ2) is 4.29. The molecule has 0 spiro atoms. The number of anilines is 1. The summed E-state index contributed by atoms with van der Waals surface area (Å²) in [5.74, 6) is -0.0790. The molecular formula is C11H14N2O2.